The minimum atomic E-state index is -1.18. The van der Waals surface area contributed by atoms with Crippen molar-refractivity contribution in [1.82, 2.24) is 0 Å². The Kier molecular flexibility index (Phi) is 6.46. The zero-order chi connectivity index (χ0) is 20.8. The predicted molar refractivity (Wildman–Crippen MR) is 108 cm³/mol. The number of rotatable bonds is 7. The van der Waals surface area contributed by atoms with Gasteiger partial charge in [-0.25, -0.2) is 4.39 Å². The second kappa shape index (κ2) is 9.21. The van der Waals surface area contributed by atoms with E-state index in [-0.39, 0.29) is 6.42 Å². The summed E-state index contributed by atoms with van der Waals surface area (Å²) in [7, 11) is 0. The normalized spacial score (nSPS) is 11.5. The van der Waals surface area contributed by atoms with Gasteiger partial charge in [0.05, 0.1) is 11.6 Å². The van der Waals surface area contributed by atoms with Crippen LogP contribution in [-0.4, -0.2) is 17.0 Å². The summed E-state index contributed by atoms with van der Waals surface area (Å²) in [6.07, 6.45) is -0.335. The second-order valence-corrected chi connectivity index (χ2v) is 6.69. The van der Waals surface area contributed by atoms with Gasteiger partial charge in [0, 0.05) is 11.4 Å². The molecule has 0 aromatic heterocycles. The topological polar surface area (TPSA) is 75.6 Å². The quantitative estimate of drug-likeness (QED) is 0.538. The lowest BCUT2D eigenvalue weighted by molar-refractivity contribution is -0.140. The van der Waals surface area contributed by atoms with E-state index in [9.17, 15) is 19.1 Å². The Balaban J connectivity index is 1.77. The lowest BCUT2D eigenvalue weighted by Crippen LogP contribution is -2.21. The van der Waals surface area contributed by atoms with E-state index in [4.69, 9.17) is 16.3 Å². The van der Waals surface area contributed by atoms with E-state index in [1.165, 1.54) is 18.2 Å². The molecule has 0 aliphatic carbocycles. The molecule has 3 aromatic carbocycles. The molecule has 148 valence electrons. The Bertz CT molecular complexity index is 1010. The van der Waals surface area contributed by atoms with Crippen LogP contribution in [-0.2, 0) is 9.59 Å². The molecule has 0 heterocycles. The van der Waals surface area contributed by atoms with Crippen molar-refractivity contribution in [3.05, 3.63) is 89.2 Å². The van der Waals surface area contributed by atoms with Gasteiger partial charge in [-0.2, -0.15) is 0 Å². The van der Waals surface area contributed by atoms with Crippen LogP contribution in [0.5, 0.6) is 11.5 Å². The molecular formula is C22H17ClFNO4. The zero-order valence-corrected chi connectivity index (χ0v) is 15.9. The number of carbonyl (C=O) groups is 2. The summed E-state index contributed by atoms with van der Waals surface area (Å²) in [6.45, 7) is 0. The fourth-order valence-corrected chi connectivity index (χ4v) is 2.91. The Morgan fingerprint density at radius 3 is 2.38 bits per heavy atom. The van der Waals surface area contributed by atoms with Crippen molar-refractivity contribution in [3.8, 4) is 11.5 Å². The number of para-hydroxylation sites is 1. The van der Waals surface area contributed by atoms with Gasteiger partial charge in [-0.15, -0.1) is 0 Å². The van der Waals surface area contributed by atoms with Gasteiger partial charge >= 0.3 is 5.97 Å². The third kappa shape index (κ3) is 5.56. The van der Waals surface area contributed by atoms with Crippen LogP contribution in [0.15, 0.2) is 72.8 Å². The predicted octanol–water partition coefficient (Wildman–Crippen LogP) is 5.47. The van der Waals surface area contributed by atoms with E-state index in [0.29, 0.717) is 27.8 Å². The third-order valence-corrected chi connectivity index (χ3v) is 4.38. The zero-order valence-electron chi connectivity index (χ0n) is 15.1. The van der Waals surface area contributed by atoms with Crippen molar-refractivity contribution < 1.29 is 23.8 Å². The number of ether oxygens (including phenoxy) is 1. The van der Waals surface area contributed by atoms with Crippen molar-refractivity contribution in [2.24, 2.45) is 0 Å². The fourth-order valence-electron chi connectivity index (χ4n) is 2.73. The summed E-state index contributed by atoms with van der Waals surface area (Å²) < 4.78 is 18.9. The number of nitrogens with one attached hydrogen (secondary N) is 1. The van der Waals surface area contributed by atoms with E-state index in [0.717, 1.165) is 12.1 Å². The highest BCUT2D eigenvalue weighted by molar-refractivity contribution is 6.31. The molecule has 0 fully saturated rings. The second-order valence-electron chi connectivity index (χ2n) is 6.25. The molecule has 2 N–H and O–H groups in total. The van der Waals surface area contributed by atoms with Crippen molar-refractivity contribution in [3.63, 3.8) is 0 Å². The van der Waals surface area contributed by atoms with Gasteiger partial charge in [-0.3, -0.25) is 9.59 Å². The van der Waals surface area contributed by atoms with Gasteiger partial charge < -0.3 is 15.2 Å². The summed E-state index contributed by atoms with van der Waals surface area (Å²) in [4.78, 5) is 24.2. The molecule has 0 unspecified atom stereocenters. The molecule has 3 rings (SSSR count). The first-order valence-electron chi connectivity index (χ1n) is 8.73. The highest BCUT2D eigenvalue weighted by Crippen LogP contribution is 2.32. The lowest BCUT2D eigenvalue weighted by Gasteiger charge is -2.15. The molecule has 1 atom stereocenters. The van der Waals surface area contributed by atoms with Crippen molar-refractivity contribution in [1.29, 1.82) is 0 Å². The number of benzene rings is 3. The summed E-state index contributed by atoms with van der Waals surface area (Å²) in [6, 6.07) is 18.8. The molecular weight excluding hydrogens is 397 g/mol. The molecule has 0 bridgehead atoms. The molecule has 0 aliphatic rings. The van der Waals surface area contributed by atoms with E-state index >= 15 is 0 Å². The SMILES string of the molecule is O=C(C[C@H](C(=O)O)c1ccc(F)cc1)Nc1cc(Cl)ccc1Oc1ccccc1. The van der Waals surface area contributed by atoms with Gasteiger partial charge in [0.1, 0.15) is 11.6 Å². The molecule has 29 heavy (non-hydrogen) atoms. The summed E-state index contributed by atoms with van der Waals surface area (Å²) in [5.41, 5.74) is 0.649. The van der Waals surface area contributed by atoms with E-state index < -0.39 is 23.6 Å². The van der Waals surface area contributed by atoms with Crippen LogP contribution in [0.1, 0.15) is 17.9 Å². The van der Waals surface area contributed by atoms with Crippen LogP contribution in [0, 0.1) is 5.82 Å². The molecule has 0 saturated carbocycles. The number of aliphatic carboxylic acids is 1. The first-order chi connectivity index (χ1) is 13.9. The van der Waals surface area contributed by atoms with Crippen molar-refractivity contribution in [2.75, 3.05) is 5.32 Å². The molecule has 3 aromatic rings. The Morgan fingerprint density at radius 2 is 1.72 bits per heavy atom. The van der Waals surface area contributed by atoms with Crippen LogP contribution in [0.2, 0.25) is 5.02 Å². The Morgan fingerprint density at radius 1 is 1.03 bits per heavy atom. The summed E-state index contributed by atoms with van der Waals surface area (Å²) in [5, 5.41) is 12.5. The number of hydrogen-bond acceptors (Lipinski definition) is 3. The maximum absolute atomic E-state index is 13.1. The lowest BCUT2D eigenvalue weighted by atomic mass is 9.95. The minimum Gasteiger partial charge on any atom is -0.481 e. The monoisotopic (exact) mass is 413 g/mol. The van der Waals surface area contributed by atoms with Gasteiger partial charge in [-0.05, 0) is 48.0 Å². The summed E-state index contributed by atoms with van der Waals surface area (Å²) in [5.74, 6) is -2.39. The van der Waals surface area contributed by atoms with Crippen molar-refractivity contribution in [2.45, 2.75) is 12.3 Å². The number of carboxylic acids is 1. The van der Waals surface area contributed by atoms with E-state index in [1.807, 2.05) is 18.2 Å². The summed E-state index contributed by atoms with van der Waals surface area (Å²) >= 11 is 6.03. The van der Waals surface area contributed by atoms with E-state index in [1.54, 1.807) is 24.3 Å². The average Bonchev–Trinajstić information content (AvgIpc) is 2.70. The first kappa shape index (κ1) is 20.4. The number of halogens is 2. The first-order valence-corrected chi connectivity index (χ1v) is 9.11. The van der Waals surface area contributed by atoms with Crippen LogP contribution >= 0.6 is 11.6 Å². The van der Waals surface area contributed by atoms with Crippen LogP contribution in [0.3, 0.4) is 0 Å². The van der Waals surface area contributed by atoms with Crippen LogP contribution in [0.25, 0.3) is 0 Å². The maximum Gasteiger partial charge on any atom is 0.311 e. The molecule has 5 nitrogen and oxygen atoms in total. The molecule has 0 aliphatic heterocycles. The van der Waals surface area contributed by atoms with Gasteiger partial charge in [0.2, 0.25) is 5.91 Å². The molecule has 7 heteroatoms. The molecule has 0 saturated heterocycles. The van der Waals surface area contributed by atoms with Gasteiger partial charge in [0.25, 0.3) is 0 Å². The van der Waals surface area contributed by atoms with Crippen LogP contribution in [0.4, 0.5) is 10.1 Å². The molecule has 0 spiro atoms. The molecule has 0 radical (unpaired) electrons. The number of carbonyl (C=O) groups excluding carboxylic acids is 1. The third-order valence-electron chi connectivity index (χ3n) is 4.15. The average molecular weight is 414 g/mol. The molecule has 1 amide bonds. The van der Waals surface area contributed by atoms with Gasteiger partial charge in [-0.1, -0.05) is 41.9 Å². The number of hydrogen-bond donors (Lipinski definition) is 2. The smallest absolute Gasteiger partial charge is 0.311 e. The van der Waals surface area contributed by atoms with Crippen molar-refractivity contribution >= 4 is 29.2 Å². The van der Waals surface area contributed by atoms with Gasteiger partial charge in [0.15, 0.2) is 5.75 Å². The maximum atomic E-state index is 13.1. The minimum absolute atomic E-state index is 0.314. The van der Waals surface area contributed by atoms with E-state index in [2.05, 4.69) is 5.32 Å². The fraction of sp³-hybridized carbons (Fsp3) is 0.0909. The number of amides is 1. The Labute approximate surface area is 171 Å². The number of carboxylic acid groups (broad SMARTS) is 1. The largest absolute Gasteiger partial charge is 0.481 e. The van der Waals surface area contributed by atoms with Crippen LogP contribution < -0.4 is 10.1 Å². The highest BCUT2D eigenvalue weighted by Gasteiger charge is 2.24. The highest BCUT2D eigenvalue weighted by atomic mass is 35.5. The standard InChI is InChI=1S/C22H17ClFNO4/c23-15-8-11-20(29-17-4-2-1-3-5-17)19(12-15)25-21(26)13-18(22(27)28)14-6-9-16(24)10-7-14/h1-12,18H,13H2,(H,25,26)(H,27,28)/t18-/m0/s1. The Hall–Kier alpha value is -3.38. The number of anilines is 1.